The standard InChI is InChI=1S/C20H27ClFNO4S/c1-27-20(24)7-5-3-2-4-6-18-15(8-13-19(18)22)14-23-28(25,26)17-11-9-16(21)10-12-17/h2,4,9-12,15,18-19,23H,3,5-8,13-14H2,1H3/b4-2-/t15-,18-,19-/m1/s1. The molecule has 1 N–H and O–H groups in total. The zero-order valence-electron chi connectivity index (χ0n) is 15.9. The molecule has 1 aromatic carbocycles. The zero-order valence-corrected chi connectivity index (χ0v) is 17.5. The number of rotatable bonds is 10. The van der Waals surface area contributed by atoms with Gasteiger partial charge in [0.1, 0.15) is 6.17 Å². The number of allylic oxidation sites excluding steroid dienone is 2. The average Bonchev–Trinajstić information content (AvgIpc) is 3.02. The summed E-state index contributed by atoms with van der Waals surface area (Å²) >= 11 is 5.79. The lowest BCUT2D eigenvalue weighted by molar-refractivity contribution is -0.140. The molecule has 156 valence electrons. The average molecular weight is 432 g/mol. The van der Waals surface area contributed by atoms with Gasteiger partial charge in [-0.2, -0.15) is 0 Å². The van der Waals surface area contributed by atoms with Crippen LogP contribution in [0.25, 0.3) is 0 Å². The third-order valence-electron chi connectivity index (χ3n) is 5.10. The Bertz CT molecular complexity index is 767. The summed E-state index contributed by atoms with van der Waals surface area (Å²) < 4.78 is 46.3. The third kappa shape index (κ3) is 6.87. The van der Waals surface area contributed by atoms with Gasteiger partial charge in [-0.25, -0.2) is 17.5 Å². The van der Waals surface area contributed by atoms with Crippen LogP contribution in [0.3, 0.4) is 0 Å². The molecular weight excluding hydrogens is 405 g/mol. The molecule has 1 saturated carbocycles. The molecule has 1 fully saturated rings. The molecule has 1 aromatic rings. The van der Waals surface area contributed by atoms with Crippen molar-refractivity contribution in [2.45, 2.75) is 49.6 Å². The third-order valence-corrected chi connectivity index (χ3v) is 6.79. The largest absolute Gasteiger partial charge is 0.469 e. The fraction of sp³-hybridized carbons (Fsp3) is 0.550. The maximum Gasteiger partial charge on any atom is 0.305 e. The number of methoxy groups -OCH3 is 1. The number of carbonyl (C=O) groups excluding carboxylic acids is 1. The summed E-state index contributed by atoms with van der Waals surface area (Å²) in [6.07, 6.45) is 6.41. The van der Waals surface area contributed by atoms with Crippen molar-refractivity contribution in [3.05, 3.63) is 41.4 Å². The molecule has 0 saturated heterocycles. The molecule has 0 amide bonds. The Balaban J connectivity index is 1.83. The van der Waals surface area contributed by atoms with Crippen molar-refractivity contribution in [3.8, 4) is 0 Å². The lowest BCUT2D eigenvalue weighted by Crippen LogP contribution is -2.32. The van der Waals surface area contributed by atoms with Gasteiger partial charge >= 0.3 is 5.97 Å². The topological polar surface area (TPSA) is 72.5 Å². The van der Waals surface area contributed by atoms with Crippen molar-refractivity contribution in [2.24, 2.45) is 11.8 Å². The molecule has 0 heterocycles. The van der Waals surface area contributed by atoms with E-state index in [9.17, 15) is 17.6 Å². The molecule has 0 bridgehead atoms. The first-order chi connectivity index (χ1) is 13.3. The van der Waals surface area contributed by atoms with E-state index in [1.165, 1.54) is 31.4 Å². The molecule has 0 unspecified atom stereocenters. The van der Waals surface area contributed by atoms with E-state index in [2.05, 4.69) is 9.46 Å². The molecule has 1 aliphatic rings. The molecule has 0 spiro atoms. The van der Waals surface area contributed by atoms with E-state index in [1.807, 2.05) is 12.2 Å². The minimum Gasteiger partial charge on any atom is -0.469 e. The van der Waals surface area contributed by atoms with Crippen LogP contribution in [0.1, 0.15) is 38.5 Å². The van der Waals surface area contributed by atoms with E-state index in [1.54, 1.807) is 0 Å². The molecule has 0 radical (unpaired) electrons. The van der Waals surface area contributed by atoms with Crippen LogP contribution >= 0.6 is 11.6 Å². The minimum absolute atomic E-state index is 0.0446. The quantitative estimate of drug-likeness (QED) is 0.341. The number of ether oxygens (including phenoxy) is 1. The molecule has 3 atom stereocenters. The highest BCUT2D eigenvalue weighted by atomic mass is 35.5. The summed E-state index contributed by atoms with van der Waals surface area (Å²) in [7, 11) is -2.28. The van der Waals surface area contributed by atoms with Gasteiger partial charge in [0, 0.05) is 18.0 Å². The van der Waals surface area contributed by atoms with Gasteiger partial charge in [-0.05, 0) is 68.2 Å². The predicted molar refractivity (Wildman–Crippen MR) is 107 cm³/mol. The predicted octanol–water partition coefficient (Wildman–Crippen LogP) is 4.27. The Morgan fingerprint density at radius 3 is 2.68 bits per heavy atom. The van der Waals surface area contributed by atoms with E-state index >= 15 is 0 Å². The van der Waals surface area contributed by atoms with E-state index in [0.717, 1.165) is 6.42 Å². The number of sulfonamides is 1. The molecule has 5 nitrogen and oxygen atoms in total. The van der Waals surface area contributed by atoms with Crippen LogP contribution in [0, 0.1) is 11.8 Å². The fourth-order valence-electron chi connectivity index (χ4n) is 3.44. The lowest BCUT2D eigenvalue weighted by atomic mass is 9.92. The number of unbranched alkanes of at least 4 members (excludes halogenated alkanes) is 1. The van der Waals surface area contributed by atoms with Crippen molar-refractivity contribution in [1.29, 1.82) is 0 Å². The number of nitrogens with one attached hydrogen (secondary N) is 1. The second kappa shape index (κ2) is 10.9. The van der Waals surface area contributed by atoms with E-state index in [0.29, 0.717) is 37.1 Å². The van der Waals surface area contributed by atoms with E-state index in [-0.39, 0.29) is 29.2 Å². The molecule has 2 rings (SSSR count). The summed E-state index contributed by atoms with van der Waals surface area (Å²) in [6, 6.07) is 5.95. The van der Waals surface area contributed by atoms with Crippen LogP contribution in [0.5, 0.6) is 0 Å². The Morgan fingerprint density at radius 2 is 2.00 bits per heavy atom. The first kappa shape index (κ1) is 22.8. The Hall–Kier alpha value is -1.44. The number of esters is 1. The number of hydrogen-bond acceptors (Lipinski definition) is 4. The highest BCUT2D eigenvalue weighted by molar-refractivity contribution is 7.89. The Labute approximate surface area is 171 Å². The van der Waals surface area contributed by atoms with Gasteiger partial charge in [-0.15, -0.1) is 0 Å². The minimum atomic E-state index is -3.64. The Morgan fingerprint density at radius 1 is 1.29 bits per heavy atom. The molecule has 1 aliphatic carbocycles. The summed E-state index contributed by atoms with van der Waals surface area (Å²) in [5, 5.41) is 0.466. The lowest BCUT2D eigenvalue weighted by Gasteiger charge is -2.20. The summed E-state index contributed by atoms with van der Waals surface area (Å²) in [6.45, 7) is 0.215. The first-order valence-corrected chi connectivity index (χ1v) is 11.3. The van der Waals surface area contributed by atoms with E-state index in [4.69, 9.17) is 11.6 Å². The van der Waals surface area contributed by atoms with Crippen LogP contribution in [0.4, 0.5) is 4.39 Å². The number of benzene rings is 1. The van der Waals surface area contributed by atoms with Crippen LogP contribution in [-0.4, -0.2) is 34.2 Å². The SMILES string of the molecule is COC(=O)CCC/C=C\C[C@@H]1[C@@H](CNS(=O)(=O)c2ccc(Cl)cc2)CC[C@H]1F. The highest BCUT2D eigenvalue weighted by Gasteiger charge is 2.35. The van der Waals surface area contributed by atoms with Crippen LogP contribution in [0.15, 0.2) is 41.3 Å². The van der Waals surface area contributed by atoms with Crippen LogP contribution in [0.2, 0.25) is 5.02 Å². The molecular formula is C20H27ClFNO4S. The normalized spacial score (nSPS) is 22.6. The van der Waals surface area contributed by atoms with Gasteiger partial charge in [-0.3, -0.25) is 4.79 Å². The second-order valence-corrected chi connectivity index (χ2v) is 9.20. The van der Waals surface area contributed by atoms with Gasteiger partial charge in [-0.1, -0.05) is 23.8 Å². The maximum atomic E-state index is 14.3. The number of hydrogen-bond donors (Lipinski definition) is 1. The summed E-state index contributed by atoms with van der Waals surface area (Å²) in [4.78, 5) is 11.2. The van der Waals surface area contributed by atoms with Crippen LogP contribution < -0.4 is 4.72 Å². The first-order valence-electron chi connectivity index (χ1n) is 9.44. The molecule has 0 aromatic heterocycles. The monoisotopic (exact) mass is 431 g/mol. The van der Waals surface area contributed by atoms with Gasteiger partial charge in [0.05, 0.1) is 12.0 Å². The van der Waals surface area contributed by atoms with Gasteiger partial charge < -0.3 is 4.74 Å². The molecule has 8 heteroatoms. The smallest absolute Gasteiger partial charge is 0.305 e. The van der Waals surface area contributed by atoms with E-state index < -0.39 is 16.2 Å². The van der Waals surface area contributed by atoms with Crippen LogP contribution in [-0.2, 0) is 19.6 Å². The van der Waals surface area contributed by atoms with Gasteiger partial charge in [0.2, 0.25) is 10.0 Å². The number of alkyl halides is 1. The summed E-state index contributed by atoms with van der Waals surface area (Å²) in [5.41, 5.74) is 0. The fourth-order valence-corrected chi connectivity index (χ4v) is 4.66. The Kier molecular flexibility index (Phi) is 8.92. The van der Waals surface area contributed by atoms with Gasteiger partial charge in [0.15, 0.2) is 0 Å². The summed E-state index contributed by atoms with van der Waals surface area (Å²) in [5.74, 6) is -0.484. The number of carbonyl (C=O) groups is 1. The zero-order chi connectivity index (χ0) is 20.6. The van der Waals surface area contributed by atoms with Crippen molar-refractivity contribution >= 4 is 27.6 Å². The maximum absolute atomic E-state index is 14.3. The highest BCUT2D eigenvalue weighted by Crippen LogP contribution is 2.36. The van der Waals surface area contributed by atoms with Crippen molar-refractivity contribution in [1.82, 2.24) is 4.72 Å². The van der Waals surface area contributed by atoms with Crippen molar-refractivity contribution in [3.63, 3.8) is 0 Å². The molecule has 28 heavy (non-hydrogen) atoms. The molecule has 0 aliphatic heterocycles. The second-order valence-electron chi connectivity index (χ2n) is 7.00. The van der Waals surface area contributed by atoms with Gasteiger partial charge in [0.25, 0.3) is 0 Å². The van der Waals surface area contributed by atoms with Crippen molar-refractivity contribution in [2.75, 3.05) is 13.7 Å². The number of halogens is 2. The van der Waals surface area contributed by atoms with Crippen molar-refractivity contribution < 1.29 is 22.3 Å².